The minimum atomic E-state index is 0.579. The second-order valence-corrected chi connectivity index (χ2v) is 3.82. The molecule has 0 aromatic heterocycles. The first kappa shape index (κ1) is 13.8. The topological polar surface area (TPSA) is 38.5 Å². The van der Waals surface area contributed by atoms with E-state index in [0.717, 1.165) is 45.7 Å². The van der Waals surface area contributed by atoms with Crippen LogP contribution < -0.4 is 5.73 Å². The summed E-state index contributed by atoms with van der Waals surface area (Å²) in [5.41, 5.74) is 5.51. The molecule has 0 saturated carbocycles. The Kier molecular flexibility index (Phi) is 9.24. The molecule has 0 radical (unpaired) electrons. The van der Waals surface area contributed by atoms with E-state index in [1.165, 1.54) is 0 Å². The van der Waals surface area contributed by atoms with Crippen LogP contribution in [-0.4, -0.2) is 42.7 Å². The van der Waals surface area contributed by atoms with E-state index in [1.807, 2.05) is 6.92 Å². The Labute approximate surface area is 92.6 Å². The summed E-state index contributed by atoms with van der Waals surface area (Å²) in [5, 5.41) is 0. The molecule has 0 aliphatic rings. The summed E-state index contributed by atoms with van der Waals surface area (Å²) in [6, 6.07) is 0. The van der Waals surface area contributed by atoms with Crippen LogP contribution in [0, 0.1) is 0 Å². The molecule has 0 atom stereocenters. The molecule has 0 aliphatic carbocycles. The Morgan fingerprint density at radius 3 is 2.57 bits per heavy atom. The van der Waals surface area contributed by atoms with E-state index in [4.69, 9.17) is 22.7 Å². The van der Waals surface area contributed by atoms with E-state index in [-0.39, 0.29) is 0 Å². The van der Waals surface area contributed by atoms with Crippen molar-refractivity contribution < 1.29 is 4.74 Å². The predicted molar refractivity (Wildman–Crippen MR) is 64.6 cm³/mol. The minimum Gasteiger partial charge on any atom is -0.392 e. The van der Waals surface area contributed by atoms with Crippen LogP contribution in [0.5, 0.6) is 0 Å². The summed E-state index contributed by atoms with van der Waals surface area (Å²) < 4.78 is 5.28. The van der Waals surface area contributed by atoms with Crippen LogP contribution in [-0.2, 0) is 4.74 Å². The number of hydrogen-bond donors (Lipinski definition) is 1. The number of nitrogens with zero attached hydrogens (tertiary/aromatic N) is 1. The monoisotopic (exact) mass is 218 g/mol. The first-order chi connectivity index (χ1) is 6.70. The zero-order chi connectivity index (χ0) is 10.8. The third kappa shape index (κ3) is 8.41. The van der Waals surface area contributed by atoms with E-state index >= 15 is 0 Å². The minimum absolute atomic E-state index is 0.579. The van der Waals surface area contributed by atoms with E-state index in [2.05, 4.69) is 11.8 Å². The third-order valence-electron chi connectivity index (χ3n) is 1.89. The quantitative estimate of drug-likeness (QED) is 0.469. The van der Waals surface area contributed by atoms with Gasteiger partial charge in [0.05, 0.1) is 4.99 Å². The highest BCUT2D eigenvalue weighted by molar-refractivity contribution is 7.80. The Morgan fingerprint density at radius 1 is 1.36 bits per heavy atom. The van der Waals surface area contributed by atoms with Crippen molar-refractivity contribution in [2.45, 2.75) is 26.7 Å². The van der Waals surface area contributed by atoms with Crippen molar-refractivity contribution in [2.75, 3.05) is 32.8 Å². The first-order valence-corrected chi connectivity index (χ1v) is 5.69. The van der Waals surface area contributed by atoms with Gasteiger partial charge >= 0.3 is 0 Å². The van der Waals surface area contributed by atoms with Crippen molar-refractivity contribution in [3.63, 3.8) is 0 Å². The van der Waals surface area contributed by atoms with Crippen molar-refractivity contribution in [3.8, 4) is 0 Å². The van der Waals surface area contributed by atoms with E-state index in [9.17, 15) is 0 Å². The highest BCUT2D eigenvalue weighted by Crippen LogP contribution is 1.94. The maximum absolute atomic E-state index is 5.51. The molecule has 14 heavy (non-hydrogen) atoms. The largest absolute Gasteiger partial charge is 0.392 e. The van der Waals surface area contributed by atoms with E-state index in [1.54, 1.807) is 0 Å². The molecule has 0 fully saturated rings. The van der Waals surface area contributed by atoms with Crippen LogP contribution in [0.25, 0.3) is 0 Å². The number of nitrogens with two attached hydrogens (primary N) is 1. The molecule has 4 heteroatoms. The Balaban J connectivity index is 3.56. The van der Waals surface area contributed by atoms with Crippen molar-refractivity contribution in [1.29, 1.82) is 0 Å². The van der Waals surface area contributed by atoms with Gasteiger partial charge < -0.3 is 10.5 Å². The fraction of sp³-hybridized carbons (Fsp3) is 0.900. The van der Waals surface area contributed by atoms with Gasteiger partial charge in [0, 0.05) is 26.3 Å². The molecule has 0 rings (SSSR count). The van der Waals surface area contributed by atoms with Gasteiger partial charge in [-0.15, -0.1) is 0 Å². The molecule has 84 valence electrons. The molecule has 2 N–H and O–H groups in total. The lowest BCUT2D eigenvalue weighted by molar-refractivity contribution is 0.134. The van der Waals surface area contributed by atoms with Gasteiger partial charge in [0.25, 0.3) is 0 Å². The lowest BCUT2D eigenvalue weighted by Gasteiger charge is -2.20. The molecular weight excluding hydrogens is 196 g/mol. The van der Waals surface area contributed by atoms with Crippen molar-refractivity contribution in [1.82, 2.24) is 4.90 Å². The lowest BCUT2D eigenvalue weighted by Crippen LogP contribution is -2.34. The summed E-state index contributed by atoms with van der Waals surface area (Å²) >= 11 is 4.89. The van der Waals surface area contributed by atoms with Gasteiger partial charge in [0.2, 0.25) is 0 Å². The maximum atomic E-state index is 5.51. The van der Waals surface area contributed by atoms with Gasteiger partial charge in [0.1, 0.15) is 0 Å². The molecule has 0 saturated heterocycles. The summed E-state index contributed by atoms with van der Waals surface area (Å²) in [6.07, 6.45) is 2.19. The first-order valence-electron chi connectivity index (χ1n) is 5.29. The molecule has 0 heterocycles. The average molecular weight is 218 g/mol. The smallest absolute Gasteiger partial charge is 0.0870 e. The number of rotatable bonds is 9. The molecule has 0 spiro atoms. The third-order valence-corrected chi connectivity index (χ3v) is 2.02. The molecule has 0 aromatic rings. The Bertz CT molecular complexity index is 153. The molecule has 0 bridgehead atoms. The van der Waals surface area contributed by atoms with Crippen LogP contribution >= 0.6 is 12.2 Å². The van der Waals surface area contributed by atoms with Gasteiger partial charge in [-0.3, -0.25) is 4.90 Å². The Hall–Kier alpha value is -0.190. The molecule has 0 amide bonds. The summed E-state index contributed by atoms with van der Waals surface area (Å²) in [4.78, 5) is 2.86. The van der Waals surface area contributed by atoms with Crippen LogP contribution in [0.3, 0.4) is 0 Å². The van der Waals surface area contributed by atoms with Crippen molar-refractivity contribution in [2.24, 2.45) is 5.73 Å². The maximum Gasteiger partial charge on any atom is 0.0870 e. The van der Waals surface area contributed by atoms with Crippen molar-refractivity contribution >= 4 is 17.2 Å². The summed E-state index contributed by atoms with van der Waals surface area (Å²) in [7, 11) is 0. The number of thiocarbonyl (C=S) groups is 1. The SMILES string of the molecule is CCCN(CCCOCC)CC(N)=S. The van der Waals surface area contributed by atoms with Gasteiger partial charge in [-0.25, -0.2) is 0 Å². The average Bonchev–Trinajstić information content (AvgIpc) is 2.12. The van der Waals surface area contributed by atoms with Gasteiger partial charge in [-0.2, -0.15) is 0 Å². The fourth-order valence-electron chi connectivity index (χ4n) is 1.34. The molecule has 0 aromatic carbocycles. The van der Waals surface area contributed by atoms with Crippen molar-refractivity contribution in [3.05, 3.63) is 0 Å². The van der Waals surface area contributed by atoms with Crippen LogP contribution in [0.1, 0.15) is 26.7 Å². The van der Waals surface area contributed by atoms with E-state index < -0.39 is 0 Å². The lowest BCUT2D eigenvalue weighted by atomic mass is 10.3. The number of ether oxygens (including phenoxy) is 1. The second-order valence-electron chi connectivity index (χ2n) is 3.29. The zero-order valence-corrected chi connectivity index (χ0v) is 10.1. The number of hydrogen-bond acceptors (Lipinski definition) is 3. The second kappa shape index (κ2) is 9.37. The summed E-state index contributed by atoms with van der Waals surface area (Å²) in [5.74, 6) is 0. The highest BCUT2D eigenvalue weighted by Gasteiger charge is 2.04. The van der Waals surface area contributed by atoms with Gasteiger partial charge in [0.15, 0.2) is 0 Å². The van der Waals surface area contributed by atoms with Crippen LogP contribution in [0.2, 0.25) is 0 Å². The molecule has 0 aliphatic heterocycles. The van der Waals surface area contributed by atoms with E-state index in [0.29, 0.717) is 4.99 Å². The normalized spacial score (nSPS) is 10.8. The predicted octanol–water partition coefficient (Wildman–Crippen LogP) is 1.41. The molecular formula is C10H22N2OS. The summed E-state index contributed by atoms with van der Waals surface area (Å²) in [6.45, 7) is 8.61. The van der Waals surface area contributed by atoms with Crippen LogP contribution in [0.4, 0.5) is 0 Å². The zero-order valence-electron chi connectivity index (χ0n) is 9.29. The fourth-order valence-corrected chi connectivity index (χ4v) is 1.52. The molecule has 3 nitrogen and oxygen atoms in total. The highest BCUT2D eigenvalue weighted by atomic mass is 32.1. The standard InChI is InChI=1S/C10H22N2OS/c1-3-6-12(9-10(11)14)7-5-8-13-4-2/h3-9H2,1-2H3,(H2,11,14). The Morgan fingerprint density at radius 2 is 2.07 bits per heavy atom. The molecule has 0 unspecified atom stereocenters. The van der Waals surface area contributed by atoms with Gasteiger partial charge in [-0.05, 0) is 26.3 Å². The van der Waals surface area contributed by atoms with Gasteiger partial charge in [-0.1, -0.05) is 19.1 Å². The van der Waals surface area contributed by atoms with Crippen LogP contribution in [0.15, 0.2) is 0 Å².